The number of anilines is 1. The second-order valence-corrected chi connectivity index (χ2v) is 2.59. The summed E-state index contributed by atoms with van der Waals surface area (Å²) in [5, 5.41) is 0. The Balaban J connectivity index is 2.99. The van der Waals surface area contributed by atoms with Crippen LogP contribution in [0.25, 0.3) is 4.83 Å². The molecule has 0 saturated heterocycles. The van der Waals surface area contributed by atoms with E-state index in [1.54, 1.807) is 6.33 Å². The van der Waals surface area contributed by atoms with Crippen LogP contribution in [0.2, 0.25) is 0 Å². The summed E-state index contributed by atoms with van der Waals surface area (Å²) in [4.78, 5) is 1.09. The highest BCUT2D eigenvalue weighted by Crippen LogP contribution is 2.13. The highest BCUT2D eigenvalue weighted by molar-refractivity contribution is 7.11. The lowest BCUT2D eigenvalue weighted by atomic mass is 10.6. The van der Waals surface area contributed by atoms with E-state index in [1.165, 1.54) is 11.5 Å². The summed E-state index contributed by atoms with van der Waals surface area (Å²) in [7, 11) is 0. The summed E-state index contributed by atoms with van der Waals surface area (Å²) in [6.07, 6.45) is 1.72. The summed E-state index contributed by atoms with van der Waals surface area (Å²) in [6, 6.07) is 3.82. The van der Waals surface area contributed by atoms with Crippen LogP contribution in [0, 0.1) is 0 Å². The van der Waals surface area contributed by atoms with Crippen LogP contribution >= 0.6 is 11.5 Å². The van der Waals surface area contributed by atoms with Crippen LogP contribution in [0.15, 0.2) is 18.5 Å². The lowest BCUT2D eigenvalue weighted by Gasteiger charge is -1.83. The van der Waals surface area contributed by atoms with Crippen molar-refractivity contribution < 1.29 is 0 Å². The van der Waals surface area contributed by atoms with Crippen molar-refractivity contribution in [1.29, 1.82) is 0 Å². The quantitative estimate of drug-likeness (QED) is 0.591. The Morgan fingerprint density at radius 2 is 2.44 bits per heavy atom. The molecular weight excluding hydrogens is 134 g/mol. The molecule has 0 atom stereocenters. The number of nitrogens with two attached hydrogens (primary N) is 1. The Morgan fingerprint density at radius 1 is 1.56 bits per heavy atom. The van der Waals surface area contributed by atoms with Gasteiger partial charge in [-0.05, 0) is 23.7 Å². The Kier molecular flexibility index (Phi) is 0.790. The smallest absolute Gasteiger partial charge is 0.121 e. The van der Waals surface area contributed by atoms with Crippen LogP contribution in [0.5, 0.6) is 0 Å². The topological polar surface area (TPSA) is 43.3 Å². The fourth-order valence-electron chi connectivity index (χ4n) is 0.767. The summed E-state index contributed by atoms with van der Waals surface area (Å²) < 4.78 is 5.80. The number of aromatic nitrogens is 2. The Hall–Kier alpha value is -1.03. The molecule has 46 valence electrons. The van der Waals surface area contributed by atoms with E-state index in [9.17, 15) is 0 Å². The van der Waals surface area contributed by atoms with E-state index in [0.717, 1.165) is 10.6 Å². The van der Waals surface area contributed by atoms with Crippen molar-refractivity contribution in [1.82, 2.24) is 8.77 Å². The Bertz CT molecular complexity index is 321. The minimum Gasteiger partial charge on any atom is -0.385 e. The van der Waals surface area contributed by atoms with E-state index in [2.05, 4.69) is 4.37 Å². The molecule has 0 aliphatic rings. The van der Waals surface area contributed by atoms with Crippen molar-refractivity contribution in [3.05, 3.63) is 18.5 Å². The number of fused-ring (bicyclic) bond motifs is 1. The molecule has 2 aromatic heterocycles. The molecule has 2 heterocycles. The van der Waals surface area contributed by atoms with Crippen molar-refractivity contribution in [3.8, 4) is 0 Å². The number of nitrogens with zero attached hydrogens (tertiary/aromatic N) is 2. The predicted octanol–water partition coefficient (Wildman–Crippen LogP) is 0.978. The lowest BCUT2D eigenvalue weighted by molar-refractivity contribution is 1.20. The highest BCUT2D eigenvalue weighted by Gasteiger charge is 1.96. The van der Waals surface area contributed by atoms with Gasteiger partial charge in [-0.2, -0.15) is 4.37 Å². The van der Waals surface area contributed by atoms with E-state index in [0.29, 0.717) is 0 Å². The zero-order valence-electron chi connectivity index (χ0n) is 4.61. The molecule has 3 nitrogen and oxygen atoms in total. The zero-order valence-corrected chi connectivity index (χ0v) is 5.43. The fourth-order valence-corrected chi connectivity index (χ4v) is 1.39. The first-order valence-corrected chi connectivity index (χ1v) is 3.32. The van der Waals surface area contributed by atoms with Crippen molar-refractivity contribution >= 4 is 22.2 Å². The summed E-state index contributed by atoms with van der Waals surface area (Å²) in [5.41, 5.74) is 5.55. The Labute approximate surface area is 55.9 Å². The van der Waals surface area contributed by atoms with Gasteiger partial charge in [0, 0.05) is 0 Å². The molecule has 2 rings (SSSR count). The molecule has 0 aromatic carbocycles. The second-order valence-electron chi connectivity index (χ2n) is 1.78. The molecule has 0 aliphatic carbocycles. The van der Waals surface area contributed by atoms with E-state index in [1.807, 2.05) is 16.5 Å². The van der Waals surface area contributed by atoms with Crippen LogP contribution in [-0.4, -0.2) is 8.77 Å². The molecule has 9 heavy (non-hydrogen) atoms. The van der Waals surface area contributed by atoms with Crippen LogP contribution < -0.4 is 5.73 Å². The molecule has 0 saturated carbocycles. The highest BCUT2D eigenvalue weighted by atomic mass is 32.1. The maximum atomic E-state index is 5.55. The molecule has 2 N–H and O–H groups in total. The fraction of sp³-hybridized carbons (Fsp3) is 0. The van der Waals surface area contributed by atoms with Gasteiger partial charge in [-0.15, -0.1) is 0 Å². The van der Waals surface area contributed by atoms with Crippen molar-refractivity contribution in [2.75, 3.05) is 5.73 Å². The first-order valence-electron chi connectivity index (χ1n) is 2.55. The van der Waals surface area contributed by atoms with Gasteiger partial charge in [0.2, 0.25) is 0 Å². The van der Waals surface area contributed by atoms with Gasteiger partial charge in [0.05, 0.1) is 0 Å². The molecule has 0 unspecified atom stereocenters. The van der Waals surface area contributed by atoms with Crippen molar-refractivity contribution in [2.24, 2.45) is 0 Å². The standard InChI is InChI=1S/C5H5N3S/c6-4-1-2-5-8(4)3-7-9-5/h1-3H,6H2. The largest absolute Gasteiger partial charge is 0.385 e. The molecular formula is C5H5N3S. The van der Waals surface area contributed by atoms with E-state index >= 15 is 0 Å². The molecule has 4 heteroatoms. The van der Waals surface area contributed by atoms with Gasteiger partial charge in [-0.25, -0.2) is 0 Å². The second kappa shape index (κ2) is 1.48. The number of rotatable bonds is 0. The van der Waals surface area contributed by atoms with Gasteiger partial charge in [0.1, 0.15) is 17.0 Å². The van der Waals surface area contributed by atoms with Gasteiger partial charge >= 0.3 is 0 Å². The first kappa shape index (κ1) is 4.81. The predicted molar refractivity (Wildman–Crippen MR) is 37.5 cm³/mol. The van der Waals surface area contributed by atoms with Crippen molar-refractivity contribution in [3.63, 3.8) is 0 Å². The third kappa shape index (κ3) is 0.533. The summed E-state index contributed by atoms with van der Waals surface area (Å²) in [6.45, 7) is 0. The number of nitrogen functional groups attached to an aromatic ring is 1. The SMILES string of the molecule is Nc1ccc2sncn12. The van der Waals surface area contributed by atoms with Crippen LogP contribution in [0.3, 0.4) is 0 Å². The average Bonchev–Trinajstić information content (AvgIpc) is 2.35. The Morgan fingerprint density at radius 3 is 3.22 bits per heavy atom. The molecule has 0 fully saturated rings. The minimum absolute atomic E-state index is 0.749. The molecule has 0 radical (unpaired) electrons. The zero-order chi connectivity index (χ0) is 6.27. The number of hydrogen-bond donors (Lipinski definition) is 1. The van der Waals surface area contributed by atoms with Gasteiger partial charge in [0.25, 0.3) is 0 Å². The van der Waals surface area contributed by atoms with Gasteiger partial charge in [-0.3, -0.25) is 4.40 Å². The van der Waals surface area contributed by atoms with E-state index in [4.69, 9.17) is 5.73 Å². The van der Waals surface area contributed by atoms with Crippen LogP contribution in [0.1, 0.15) is 0 Å². The third-order valence-corrected chi connectivity index (χ3v) is 1.94. The third-order valence-electron chi connectivity index (χ3n) is 1.22. The maximum absolute atomic E-state index is 5.55. The van der Waals surface area contributed by atoms with Crippen molar-refractivity contribution in [2.45, 2.75) is 0 Å². The normalized spacial score (nSPS) is 10.7. The summed E-state index contributed by atoms with van der Waals surface area (Å²) >= 11 is 1.44. The first-order chi connectivity index (χ1) is 4.38. The van der Waals surface area contributed by atoms with Gasteiger partial charge < -0.3 is 5.73 Å². The van der Waals surface area contributed by atoms with E-state index in [-0.39, 0.29) is 0 Å². The number of hydrogen-bond acceptors (Lipinski definition) is 3. The maximum Gasteiger partial charge on any atom is 0.121 e. The molecule has 0 amide bonds. The lowest BCUT2D eigenvalue weighted by Crippen LogP contribution is -1.87. The van der Waals surface area contributed by atoms with Gasteiger partial charge in [-0.1, -0.05) is 0 Å². The monoisotopic (exact) mass is 139 g/mol. The molecule has 2 aromatic rings. The summed E-state index contributed by atoms with van der Waals surface area (Å²) in [5.74, 6) is 0.749. The van der Waals surface area contributed by atoms with Crippen LogP contribution in [0.4, 0.5) is 5.82 Å². The van der Waals surface area contributed by atoms with Crippen LogP contribution in [-0.2, 0) is 0 Å². The van der Waals surface area contributed by atoms with E-state index < -0.39 is 0 Å². The average molecular weight is 139 g/mol. The molecule has 0 bridgehead atoms. The minimum atomic E-state index is 0.749. The molecule has 0 aliphatic heterocycles. The molecule has 0 spiro atoms. The van der Waals surface area contributed by atoms with Gasteiger partial charge in [0.15, 0.2) is 0 Å².